The van der Waals surface area contributed by atoms with Gasteiger partial charge in [0.1, 0.15) is 0 Å². The minimum atomic E-state index is 0. The zero-order valence-corrected chi connectivity index (χ0v) is 17.9. The van der Waals surface area contributed by atoms with Crippen molar-refractivity contribution in [3.8, 4) is 0 Å². The van der Waals surface area contributed by atoms with Gasteiger partial charge in [0.25, 0.3) is 0 Å². The van der Waals surface area contributed by atoms with E-state index < -0.39 is 0 Å². The molecule has 3 N–H and O–H groups in total. The molecule has 0 bridgehead atoms. The molecule has 1 saturated heterocycles. The van der Waals surface area contributed by atoms with Gasteiger partial charge in [-0.1, -0.05) is 37.6 Å². The fraction of sp³-hybridized carbons (Fsp3) is 0.611. The summed E-state index contributed by atoms with van der Waals surface area (Å²) >= 11 is 6.18. The first kappa shape index (κ1) is 21.5. The number of halogens is 2. The van der Waals surface area contributed by atoms with Gasteiger partial charge in [-0.05, 0) is 56.0 Å². The van der Waals surface area contributed by atoms with Crippen molar-refractivity contribution in [2.24, 2.45) is 22.6 Å². The fourth-order valence-electron chi connectivity index (χ4n) is 3.26. The lowest BCUT2D eigenvalue weighted by Gasteiger charge is -2.39. The van der Waals surface area contributed by atoms with E-state index in [1.165, 1.54) is 18.4 Å². The Morgan fingerprint density at radius 2 is 2.21 bits per heavy atom. The van der Waals surface area contributed by atoms with E-state index in [-0.39, 0.29) is 24.0 Å². The van der Waals surface area contributed by atoms with Crippen molar-refractivity contribution in [2.45, 2.75) is 32.7 Å². The zero-order chi connectivity index (χ0) is 16.8. The summed E-state index contributed by atoms with van der Waals surface area (Å²) in [5.74, 6) is 1.58. The van der Waals surface area contributed by atoms with Gasteiger partial charge in [-0.25, -0.2) is 0 Å². The van der Waals surface area contributed by atoms with Crippen LogP contribution in [0.1, 0.15) is 38.3 Å². The van der Waals surface area contributed by atoms with Crippen LogP contribution in [0.3, 0.4) is 0 Å². The SMILES string of the molecule is CC(C)CN=C(N)NCC1CCCN(C)C1c1cccc(Cl)c1.I. The van der Waals surface area contributed by atoms with E-state index in [2.05, 4.69) is 48.2 Å². The molecule has 4 nitrogen and oxygen atoms in total. The summed E-state index contributed by atoms with van der Waals surface area (Å²) in [5, 5.41) is 4.11. The van der Waals surface area contributed by atoms with Gasteiger partial charge in [-0.15, -0.1) is 24.0 Å². The molecule has 0 aromatic heterocycles. The summed E-state index contributed by atoms with van der Waals surface area (Å²) in [5.41, 5.74) is 7.27. The molecule has 2 rings (SSSR count). The third-order valence-corrected chi connectivity index (χ3v) is 4.60. The maximum atomic E-state index is 6.18. The smallest absolute Gasteiger partial charge is 0.188 e. The van der Waals surface area contributed by atoms with E-state index in [1.807, 2.05) is 12.1 Å². The highest BCUT2D eigenvalue weighted by atomic mass is 127. The molecule has 2 atom stereocenters. The second-order valence-electron chi connectivity index (χ2n) is 6.88. The Balaban J connectivity index is 0.00000288. The van der Waals surface area contributed by atoms with Gasteiger partial charge in [0.15, 0.2) is 5.96 Å². The lowest BCUT2D eigenvalue weighted by atomic mass is 9.85. The minimum Gasteiger partial charge on any atom is -0.370 e. The fourth-order valence-corrected chi connectivity index (χ4v) is 3.46. The number of guanidine groups is 1. The van der Waals surface area contributed by atoms with E-state index in [9.17, 15) is 0 Å². The summed E-state index contributed by atoms with van der Waals surface area (Å²) in [6.45, 7) is 7.00. The normalized spacial score (nSPS) is 22.3. The number of hydrogen-bond donors (Lipinski definition) is 2. The van der Waals surface area contributed by atoms with Gasteiger partial charge >= 0.3 is 0 Å². The molecule has 24 heavy (non-hydrogen) atoms. The molecule has 0 aliphatic carbocycles. The Morgan fingerprint density at radius 1 is 1.46 bits per heavy atom. The highest BCUT2D eigenvalue weighted by molar-refractivity contribution is 14.0. The van der Waals surface area contributed by atoms with Crippen LogP contribution in [0.2, 0.25) is 5.02 Å². The first-order valence-electron chi connectivity index (χ1n) is 8.47. The topological polar surface area (TPSA) is 53.6 Å². The number of nitrogens with one attached hydrogen (secondary N) is 1. The third-order valence-electron chi connectivity index (χ3n) is 4.37. The van der Waals surface area contributed by atoms with Crippen LogP contribution in [0, 0.1) is 11.8 Å². The van der Waals surface area contributed by atoms with Gasteiger partial charge in [-0.2, -0.15) is 0 Å². The van der Waals surface area contributed by atoms with Crippen LogP contribution < -0.4 is 11.1 Å². The van der Waals surface area contributed by atoms with Crippen LogP contribution in [0.5, 0.6) is 0 Å². The molecule has 6 heteroatoms. The van der Waals surface area contributed by atoms with Crippen LogP contribution in [-0.2, 0) is 0 Å². The quantitative estimate of drug-likeness (QED) is 0.395. The number of nitrogens with zero attached hydrogens (tertiary/aromatic N) is 2. The molecule has 1 aromatic rings. The lowest BCUT2D eigenvalue weighted by Crippen LogP contribution is -2.43. The minimum absolute atomic E-state index is 0. The lowest BCUT2D eigenvalue weighted by molar-refractivity contribution is 0.122. The molecular weight excluding hydrogens is 435 g/mol. The molecule has 1 aromatic carbocycles. The predicted octanol–water partition coefficient (Wildman–Crippen LogP) is 3.90. The molecule has 1 heterocycles. The number of hydrogen-bond acceptors (Lipinski definition) is 2. The Morgan fingerprint density at radius 3 is 2.88 bits per heavy atom. The second kappa shape index (κ2) is 10.5. The molecule has 1 aliphatic heterocycles. The molecule has 0 spiro atoms. The van der Waals surface area contributed by atoms with Gasteiger partial charge < -0.3 is 11.1 Å². The average Bonchev–Trinajstić information content (AvgIpc) is 2.50. The highest BCUT2D eigenvalue weighted by Gasteiger charge is 2.30. The maximum Gasteiger partial charge on any atom is 0.188 e. The number of benzene rings is 1. The molecule has 0 amide bonds. The van der Waals surface area contributed by atoms with Crippen LogP contribution in [0.4, 0.5) is 0 Å². The van der Waals surface area contributed by atoms with Crippen LogP contribution in [-0.4, -0.2) is 37.5 Å². The maximum absolute atomic E-state index is 6.18. The largest absolute Gasteiger partial charge is 0.370 e. The van der Waals surface area contributed by atoms with Crippen molar-refractivity contribution < 1.29 is 0 Å². The first-order chi connectivity index (χ1) is 11.0. The third kappa shape index (κ3) is 6.41. The number of rotatable bonds is 5. The molecule has 0 saturated carbocycles. The summed E-state index contributed by atoms with van der Waals surface area (Å²) in [6, 6.07) is 8.58. The molecule has 2 unspecified atom stereocenters. The van der Waals surface area contributed by atoms with Crippen molar-refractivity contribution in [1.29, 1.82) is 0 Å². The van der Waals surface area contributed by atoms with E-state index in [0.717, 1.165) is 24.7 Å². The van der Waals surface area contributed by atoms with E-state index in [0.29, 0.717) is 23.8 Å². The number of piperidine rings is 1. The summed E-state index contributed by atoms with van der Waals surface area (Å²) in [7, 11) is 2.19. The van der Waals surface area contributed by atoms with Gasteiger partial charge in [0.2, 0.25) is 0 Å². The Labute approximate surface area is 168 Å². The van der Waals surface area contributed by atoms with Gasteiger partial charge in [0, 0.05) is 24.2 Å². The van der Waals surface area contributed by atoms with E-state index in [4.69, 9.17) is 17.3 Å². The van der Waals surface area contributed by atoms with E-state index >= 15 is 0 Å². The van der Waals surface area contributed by atoms with Crippen molar-refractivity contribution >= 4 is 41.5 Å². The molecule has 136 valence electrons. The Hall–Kier alpha value is -0.530. The van der Waals surface area contributed by atoms with Gasteiger partial charge in [-0.3, -0.25) is 9.89 Å². The van der Waals surface area contributed by atoms with Crippen molar-refractivity contribution in [3.05, 3.63) is 34.9 Å². The van der Waals surface area contributed by atoms with Crippen LogP contribution >= 0.6 is 35.6 Å². The van der Waals surface area contributed by atoms with Crippen molar-refractivity contribution in [2.75, 3.05) is 26.7 Å². The molecule has 1 aliphatic rings. The van der Waals surface area contributed by atoms with Gasteiger partial charge in [0.05, 0.1) is 0 Å². The van der Waals surface area contributed by atoms with Crippen LogP contribution in [0.15, 0.2) is 29.3 Å². The number of aliphatic imine (C=N–C) groups is 1. The molecule has 1 fully saturated rings. The highest BCUT2D eigenvalue weighted by Crippen LogP contribution is 2.35. The molecular formula is C18H30ClIN4. The number of nitrogens with two attached hydrogens (primary N) is 1. The van der Waals surface area contributed by atoms with Crippen molar-refractivity contribution in [1.82, 2.24) is 10.2 Å². The van der Waals surface area contributed by atoms with Crippen LogP contribution in [0.25, 0.3) is 0 Å². The second-order valence-corrected chi connectivity index (χ2v) is 7.32. The zero-order valence-electron chi connectivity index (χ0n) is 14.8. The monoisotopic (exact) mass is 464 g/mol. The summed E-state index contributed by atoms with van der Waals surface area (Å²) in [4.78, 5) is 6.81. The van der Waals surface area contributed by atoms with Crippen molar-refractivity contribution in [3.63, 3.8) is 0 Å². The first-order valence-corrected chi connectivity index (χ1v) is 8.84. The Bertz CT molecular complexity index is 536. The van der Waals surface area contributed by atoms with E-state index in [1.54, 1.807) is 0 Å². The standard InChI is InChI=1S/C18H29ClN4.HI/c1-13(2)11-21-18(20)22-12-15-7-5-9-23(3)17(15)14-6-4-8-16(19)10-14;/h4,6,8,10,13,15,17H,5,7,9,11-12H2,1-3H3,(H3,20,21,22);1H. The summed E-state index contributed by atoms with van der Waals surface area (Å²) < 4.78 is 0. The number of likely N-dealkylation sites (tertiary alicyclic amines) is 1. The average molecular weight is 465 g/mol. The predicted molar refractivity (Wildman–Crippen MR) is 114 cm³/mol. The molecule has 0 radical (unpaired) electrons. The summed E-state index contributed by atoms with van der Waals surface area (Å²) in [6.07, 6.45) is 2.40. The Kier molecular flexibility index (Phi) is 9.37.